The van der Waals surface area contributed by atoms with E-state index >= 15 is 0 Å². The van der Waals surface area contributed by atoms with Gasteiger partial charge in [-0.05, 0) is 87.4 Å². The maximum Gasteiger partial charge on any atom is 0.164 e. The number of methoxy groups -OCH3 is 1. The van der Waals surface area contributed by atoms with Gasteiger partial charge in [-0.3, -0.25) is 0 Å². The number of aliphatic hydroxyl groups is 2. The van der Waals surface area contributed by atoms with Gasteiger partial charge in [-0.15, -0.1) is 0 Å². The van der Waals surface area contributed by atoms with Crippen molar-refractivity contribution in [2.45, 2.75) is 117 Å². The number of hydrogen-bond donors (Lipinski definition) is 2. The highest BCUT2D eigenvalue weighted by molar-refractivity contribution is 5.34. The lowest BCUT2D eigenvalue weighted by molar-refractivity contribution is -0.225. The van der Waals surface area contributed by atoms with E-state index in [9.17, 15) is 10.2 Å². The summed E-state index contributed by atoms with van der Waals surface area (Å²) in [6.45, 7) is 15.7. The van der Waals surface area contributed by atoms with Crippen LogP contribution in [0.4, 0.5) is 0 Å². The van der Waals surface area contributed by atoms with Gasteiger partial charge in [0.15, 0.2) is 6.29 Å². The average molecular weight is 487 g/mol. The lowest BCUT2D eigenvalue weighted by Gasteiger charge is -2.65. The second-order valence-electron chi connectivity index (χ2n) is 14.5. The van der Waals surface area contributed by atoms with Crippen molar-refractivity contribution >= 4 is 0 Å². The molecule has 10 atom stereocenters. The molecule has 198 valence electrons. The maximum absolute atomic E-state index is 11.0. The minimum Gasteiger partial charge on any atom is -0.392 e. The normalized spacial score (nSPS) is 51.2. The van der Waals surface area contributed by atoms with Crippen LogP contribution in [0.1, 0.15) is 93.4 Å². The summed E-state index contributed by atoms with van der Waals surface area (Å²) in [6, 6.07) is 0. The van der Waals surface area contributed by atoms with Crippen LogP contribution in [0.25, 0.3) is 0 Å². The predicted molar refractivity (Wildman–Crippen MR) is 140 cm³/mol. The summed E-state index contributed by atoms with van der Waals surface area (Å²) in [5.74, 6) is 2.07. The summed E-state index contributed by atoms with van der Waals surface area (Å²) in [5, 5.41) is 21.2. The average Bonchev–Trinajstić information content (AvgIpc) is 3.14. The zero-order valence-electron chi connectivity index (χ0n) is 23.4. The largest absolute Gasteiger partial charge is 0.392 e. The van der Waals surface area contributed by atoms with Crippen molar-refractivity contribution in [1.82, 2.24) is 0 Å². The van der Waals surface area contributed by atoms with Crippen molar-refractivity contribution in [1.29, 1.82) is 0 Å². The van der Waals surface area contributed by atoms with E-state index in [1.165, 1.54) is 19.3 Å². The van der Waals surface area contributed by atoms with E-state index in [-0.39, 0.29) is 34.1 Å². The van der Waals surface area contributed by atoms with Crippen LogP contribution in [0.5, 0.6) is 0 Å². The fourth-order valence-corrected chi connectivity index (χ4v) is 10.2. The van der Waals surface area contributed by atoms with Gasteiger partial charge in [0.2, 0.25) is 0 Å². The van der Waals surface area contributed by atoms with Gasteiger partial charge in [-0.25, -0.2) is 0 Å². The molecular weight excluding hydrogens is 436 g/mol. The van der Waals surface area contributed by atoms with E-state index < -0.39 is 11.2 Å². The quantitative estimate of drug-likeness (QED) is 0.450. The van der Waals surface area contributed by atoms with Crippen molar-refractivity contribution in [2.75, 3.05) is 7.11 Å². The zero-order valence-corrected chi connectivity index (χ0v) is 23.4. The second kappa shape index (κ2) is 7.91. The molecule has 0 amide bonds. The topological polar surface area (TPSA) is 58.9 Å². The molecule has 5 rings (SSSR count). The molecule has 4 fully saturated rings. The van der Waals surface area contributed by atoms with Crippen LogP contribution in [0.3, 0.4) is 0 Å². The van der Waals surface area contributed by atoms with Crippen LogP contribution in [0.2, 0.25) is 0 Å². The van der Waals surface area contributed by atoms with Gasteiger partial charge < -0.3 is 19.7 Å². The Morgan fingerprint density at radius 1 is 1.09 bits per heavy atom. The third-order valence-electron chi connectivity index (χ3n) is 12.4. The summed E-state index contributed by atoms with van der Waals surface area (Å²) in [7, 11) is 1.83. The van der Waals surface area contributed by atoms with Gasteiger partial charge in [-0.2, -0.15) is 0 Å². The molecule has 0 aromatic carbocycles. The first kappa shape index (κ1) is 25.9. The minimum absolute atomic E-state index is 0.0197. The summed E-state index contributed by atoms with van der Waals surface area (Å²) in [5.41, 5.74) is -1.09. The van der Waals surface area contributed by atoms with Gasteiger partial charge in [0.05, 0.1) is 11.7 Å². The fourth-order valence-electron chi connectivity index (χ4n) is 10.2. The van der Waals surface area contributed by atoms with Gasteiger partial charge in [0.1, 0.15) is 5.60 Å². The van der Waals surface area contributed by atoms with Gasteiger partial charge >= 0.3 is 0 Å². The fraction of sp³-hybridized carbons (Fsp3) is 0.871. The molecule has 0 radical (unpaired) electrons. The number of allylic oxidation sites excluding steroid dienone is 2. The van der Waals surface area contributed by atoms with E-state index in [0.717, 1.165) is 25.7 Å². The first-order valence-corrected chi connectivity index (χ1v) is 14.2. The highest BCUT2D eigenvalue weighted by atomic mass is 16.7. The molecule has 1 aliphatic heterocycles. The Hall–Kier alpha value is -0.680. The third-order valence-corrected chi connectivity index (χ3v) is 12.4. The molecule has 1 saturated heterocycles. The number of ether oxygens (including phenoxy) is 2. The van der Waals surface area contributed by atoms with Crippen molar-refractivity contribution in [2.24, 2.45) is 45.3 Å². The summed E-state index contributed by atoms with van der Waals surface area (Å²) in [4.78, 5) is 0. The zero-order chi connectivity index (χ0) is 25.7. The van der Waals surface area contributed by atoms with E-state index in [0.29, 0.717) is 23.7 Å². The molecule has 1 unspecified atom stereocenters. The van der Waals surface area contributed by atoms with Crippen molar-refractivity contribution < 1.29 is 19.7 Å². The molecule has 4 nitrogen and oxygen atoms in total. The smallest absolute Gasteiger partial charge is 0.164 e. The Morgan fingerprint density at radius 3 is 2.46 bits per heavy atom. The lowest BCUT2D eigenvalue weighted by atomic mass is 9.38. The van der Waals surface area contributed by atoms with Crippen molar-refractivity contribution in [3.05, 3.63) is 24.3 Å². The Bertz CT molecular complexity index is 900. The van der Waals surface area contributed by atoms with Gasteiger partial charge in [0.25, 0.3) is 0 Å². The van der Waals surface area contributed by atoms with Gasteiger partial charge in [-0.1, -0.05) is 58.9 Å². The second-order valence-corrected chi connectivity index (χ2v) is 14.5. The number of hydrogen-bond acceptors (Lipinski definition) is 4. The first-order chi connectivity index (χ1) is 16.2. The first-order valence-electron chi connectivity index (χ1n) is 14.2. The molecule has 3 saturated carbocycles. The van der Waals surface area contributed by atoms with Crippen LogP contribution in [-0.4, -0.2) is 40.9 Å². The standard InChI is InChI=1S/C31H50O4/c1-20(10-9-15-26(2,3)33)21-13-16-29(7)22-14-17-31-23(11-12-24(32)27(31,4)5)30(22,25(34-8)35-31)19-18-28(21,29)6/h9,14-15,17,20-25,32-33H,10-13,16,18-19H2,1-8H3/b15-9+/t20-,21-,22+,23+,24+,25?,28-,29+,30+,31-/m1/s1. The Labute approximate surface area is 213 Å². The highest BCUT2D eigenvalue weighted by Gasteiger charge is 2.78. The molecule has 1 heterocycles. The number of aliphatic hydroxyl groups excluding tert-OH is 1. The maximum atomic E-state index is 11.0. The molecule has 0 aromatic rings. The molecule has 5 aliphatic rings. The number of rotatable bonds is 5. The summed E-state index contributed by atoms with van der Waals surface area (Å²) < 4.78 is 13.2. The molecule has 35 heavy (non-hydrogen) atoms. The third kappa shape index (κ3) is 3.18. The summed E-state index contributed by atoms with van der Waals surface area (Å²) >= 11 is 0. The Kier molecular flexibility index (Phi) is 5.87. The minimum atomic E-state index is -0.747. The Morgan fingerprint density at radius 2 is 1.80 bits per heavy atom. The van der Waals surface area contributed by atoms with Crippen LogP contribution in [-0.2, 0) is 9.47 Å². The molecule has 1 spiro atoms. The molecule has 0 aromatic heterocycles. The van der Waals surface area contributed by atoms with Gasteiger partial charge in [0, 0.05) is 23.9 Å². The molecule has 4 aliphatic carbocycles. The predicted octanol–water partition coefficient (Wildman–Crippen LogP) is 6.27. The SMILES string of the molecule is COC1O[C@]23C=C[C@@H]4[C@@]1(CC[C@]1(C)[C@@H]([C@H](C)C/C=C/C(C)(C)O)CC[C@@]41C)[C@@H]2CC[C@H](O)C3(C)C. The molecule has 2 N–H and O–H groups in total. The van der Waals surface area contributed by atoms with E-state index in [1.54, 1.807) is 0 Å². The van der Waals surface area contributed by atoms with Crippen LogP contribution in [0, 0.1) is 45.3 Å². The Balaban J connectivity index is 1.52. The van der Waals surface area contributed by atoms with E-state index in [1.807, 2.05) is 27.0 Å². The lowest BCUT2D eigenvalue weighted by Crippen LogP contribution is -2.65. The van der Waals surface area contributed by atoms with Crippen LogP contribution in [0.15, 0.2) is 24.3 Å². The monoisotopic (exact) mass is 486 g/mol. The molecular formula is C31H50O4. The molecule has 4 heteroatoms. The highest BCUT2D eigenvalue weighted by Crippen LogP contribution is 2.78. The van der Waals surface area contributed by atoms with Crippen LogP contribution < -0.4 is 0 Å². The van der Waals surface area contributed by atoms with E-state index in [2.05, 4.69) is 52.8 Å². The van der Waals surface area contributed by atoms with Crippen molar-refractivity contribution in [3.63, 3.8) is 0 Å². The number of fused-ring (bicyclic) bond motifs is 2. The summed E-state index contributed by atoms with van der Waals surface area (Å²) in [6.07, 6.45) is 16.2. The van der Waals surface area contributed by atoms with E-state index in [4.69, 9.17) is 9.47 Å². The molecule has 2 bridgehead atoms. The van der Waals surface area contributed by atoms with Crippen LogP contribution >= 0.6 is 0 Å². The van der Waals surface area contributed by atoms with Crippen molar-refractivity contribution in [3.8, 4) is 0 Å².